The highest BCUT2D eigenvalue weighted by molar-refractivity contribution is 9.10. The Bertz CT molecular complexity index is 255. The van der Waals surface area contributed by atoms with E-state index in [1.165, 1.54) is 0 Å². The fourth-order valence-corrected chi connectivity index (χ4v) is 1.24. The molecule has 0 spiro atoms. The second-order valence-electron chi connectivity index (χ2n) is 3.68. The molecule has 0 radical (unpaired) electrons. The Hall–Kier alpha value is -0.350. The first-order valence-electron chi connectivity index (χ1n) is 3.92. The van der Waals surface area contributed by atoms with Crippen LogP contribution in [0.1, 0.15) is 13.8 Å². The van der Waals surface area contributed by atoms with Crippen LogP contribution in [-0.2, 0) is 6.54 Å². The van der Waals surface area contributed by atoms with E-state index < -0.39 is 0 Å². The van der Waals surface area contributed by atoms with Gasteiger partial charge in [-0.1, -0.05) is 13.8 Å². The van der Waals surface area contributed by atoms with Crippen molar-refractivity contribution in [3.63, 3.8) is 0 Å². The van der Waals surface area contributed by atoms with E-state index in [2.05, 4.69) is 34.9 Å². The van der Waals surface area contributed by atoms with Gasteiger partial charge >= 0.3 is 0 Å². The molecule has 1 aromatic rings. The molecule has 1 aromatic heterocycles. The molecule has 0 fully saturated rings. The van der Waals surface area contributed by atoms with Crippen molar-refractivity contribution in [2.45, 2.75) is 20.4 Å². The van der Waals surface area contributed by atoms with Crippen molar-refractivity contribution in [1.29, 1.82) is 0 Å². The average Bonchev–Trinajstić information content (AvgIpc) is 2.36. The van der Waals surface area contributed by atoms with Crippen LogP contribution in [0.3, 0.4) is 0 Å². The molecule has 0 aliphatic heterocycles. The quantitative estimate of drug-likeness (QED) is 0.860. The minimum absolute atomic E-state index is 0.106. The molecule has 4 heteroatoms. The van der Waals surface area contributed by atoms with Crippen LogP contribution in [0.15, 0.2) is 16.9 Å². The van der Waals surface area contributed by atoms with Crippen molar-refractivity contribution in [2.24, 2.45) is 11.1 Å². The predicted molar refractivity (Wildman–Crippen MR) is 52.8 cm³/mol. The molecule has 2 N–H and O–H groups in total. The maximum absolute atomic E-state index is 5.62. The Labute approximate surface area is 81.1 Å². The molecule has 0 aliphatic rings. The average molecular weight is 232 g/mol. The summed E-state index contributed by atoms with van der Waals surface area (Å²) in [5.74, 6) is 0. The molecule has 0 unspecified atom stereocenters. The van der Waals surface area contributed by atoms with Crippen LogP contribution in [0, 0.1) is 5.41 Å². The summed E-state index contributed by atoms with van der Waals surface area (Å²) in [5.41, 5.74) is 5.72. The second kappa shape index (κ2) is 3.58. The number of halogens is 1. The van der Waals surface area contributed by atoms with E-state index in [0.717, 1.165) is 11.1 Å². The largest absolute Gasteiger partial charge is 0.330 e. The zero-order chi connectivity index (χ0) is 9.19. The van der Waals surface area contributed by atoms with Crippen LogP contribution in [0.4, 0.5) is 0 Å². The maximum Gasteiger partial charge on any atom is 0.104 e. The van der Waals surface area contributed by atoms with Crippen LogP contribution < -0.4 is 5.73 Å². The van der Waals surface area contributed by atoms with Gasteiger partial charge in [0.15, 0.2) is 0 Å². The molecule has 12 heavy (non-hydrogen) atoms. The first kappa shape index (κ1) is 9.74. The van der Waals surface area contributed by atoms with Gasteiger partial charge in [0, 0.05) is 6.54 Å². The van der Waals surface area contributed by atoms with Crippen molar-refractivity contribution < 1.29 is 0 Å². The molecule has 0 saturated carbocycles. The summed E-state index contributed by atoms with van der Waals surface area (Å²) in [5, 5.41) is 4.16. The third-order valence-electron chi connectivity index (χ3n) is 1.80. The van der Waals surface area contributed by atoms with Gasteiger partial charge in [-0.3, -0.25) is 4.68 Å². The molecule has 1 heterocycles. The van der Waals surface area contributed by atoms with Crippen LogP contribution in [0.2, 0.25) is 0 Å². The highest BCUT2D eigenvalue weighted by Crippen LogP contribution is 2.18. The number of aromatic nitrogens is 2. The Morgan fingerprint density at radius 2 is 2.33 bits per heavy atom. The lowest BCUT2D eigenvalue weighted by Gasteiger charge is -2.22. The third-order valence-corrected chi connectivity index (χ3v) is 2.47. The summed E-state index contributed by atoms with van der Waals surface area (Å²) in [7, 11) is 0. The normalized spacial score (nSPS) is 12.0. The Kier molecular flexibility index (Phi) is 2.90. The molecule has 68 valence electrons. The molecule has 1 rings (SSSR count). The van der Waals surface area contributed by atoms with Crippen molar-refractivity contribution in [1.82, 2.24) is 9.78 Å². The van der Waals surface area contributed by atoms with Crippen molar-refractivity contribution in [3.05, 3.63) is 16.9 Å². The summed E-state index contributed by atoms with van der Waals surface area (Å²) < 4.78 is 2.91. The van der Waals surface area contributed by atoms with Crippen LogP contribution in [-0.4, -0.2) is 16.3 Å². The molecular formula is C8H14BrN3. The minimum atomic E-state index is 0.106. The molecular weight excluding hydrogens is 218 g/mol. The van der Waals surface area contributed by atoms with E-state index in [0.29, 0.717) is 6.54 Å². The molecule has 0 atom stereocenters. The zero-order valence-electron chi connectivity index (χ0n) is 7.42. The molecule has 0 bridgehead atoms. The lowest BCUT2D eigenvalue weighted by molar-refractivity contribution is 0.299. The highest BCUT2D eigenvalue weighted by atomic mass is 79.9. The first-order valence-corrected chi connectivity index (χ1v) is 4.72. The van der Waals surface area contributed by atoms with Gasteiger partial charge in [-0.25, -0.2) is 0 Å². The summed E-state index contributed by atoms with van der Waals surface area (Å²) in [6.45, 7) is 5.76. The van der Waals surface area contributed by atoms with Crippen molar-refractivity contribution in [3.8, 4) is 0 Å². The SMILES string of the molecule is CC(C)(CN)Cn1nccc1Br. The summed E-state index contributed by atoms with van der Waals surface area (Å²) in [6.07, 6.45) is 1.77. The molecule has 0 aromatic carbocycles. The van der Waals surface area contributed by atoms with Gasteiger partial charge in [0.25, 0.3) is 0 Å². The standard InChI is InChI=1S/C8H14BrN3/c1-8(2,5-10)6-12-7(9)3-4-11-12/h3-4H,5-6,10H2,1-2H3. The molecule has 0 amide bonds. The van der Waals surface area contributed by atoms with Crippen LogP contribution in [0.5, 0.6) is 0 Å². The van der Waals surface area contributed by atoms with E-state index in [4.69, 9.17) is 5.73 Å². The second-order valence-corrected chi connectivity index (χ2v) is 4.49. The fourth-order valence-electron chi connectivity index (χ4n) is 0.903. The van der Waals surface area contributed by atoms with Gasteiger partial charge in [-0.15, -0.1) is 0 Å². The first-order chi connectivity index (χ1) is 5.55. The van der Waals surface area contributed by atoms with E-state index in [1.807, 2.05) is 10.7 Å². The van der Waals surface area contributed by atoms with E-state index >= 15 is 0 Å². The van der Waals surface area contributed by atoms with E-state index in [-0.39, 0.29) is 5.41 Å². The monoisotopic (exact) mass is 231 g/mol. The smallest absolute Gasteiger partial charge is 0.104 e. The third kappa shape index (κ3) is 2.32. The molecule has 3 nitrogen and oxygen atoms in total. The summed E-state index contributed by atoms with van der Waals surface area (Å²) in [4.78, 5) is 0. The Morgan fingerprint density at radius 3 is 2.75 bits per heavy atom. The molecule has 0 saturated heterocycles. The number of rotatable bonds is 3. The van der Waals surface area contributed by atoms with Crippen molar-refractivity contribution >= 4 is 15.9 Å². The van der Waals surface area contributed by atoms with E-state index in [9.17, 15) is 0 Å². The lowest BCUT2D eigenvalue weighted by atomic mass is 9.94. The van der Waals surface area contributed by atoms with Crippen LogP contribution >= 0.6 is 15.9 Å². The fraction of sp³-hybridized carbons (Fsp3) is 0.625. The predicted octanol–water partition coefficient (Wildman–Crippen LogP) is 1.63. The number of nitrogens with two attached hydrogens (primary N) is 1. The summed E-state index contributed by atoms with van der Waals surface area (Å²) >= 11 is 3.41. The Balaban J connectivity index is 2.70. The number of nitrogens with zero attached hydrogens (tertiary/aromatic N) is 2. The molecule has 0 aliphatic carbocycles. The Morgan fingerprint density at radius 1 is 1.67 bits per heavy atom. The number of hydrogen-bond donors (Lipinski definition) is 1. The maximum atomic E-state index is 5.62. The van der Waals surface area contributed by atoms with Gasteiger partial charge in [-0.05, 0) is 34.0 Å². The lowest BCUT2D eigenvalue weighted by Crippen LogP contribution is -2.29. The van der Waals surface area contributed by atoms with E-state index in [1.54, 1.807) is 6.20 Å². The number of hydrogen-bond acceptors (Lipinski definition) is 2. The zero-order valence-corrected chi connectivity index (χ0v) is 9.00. The minimum Gasteiger partial charge on any atom is -0.330 e. The summed E-state index contributed by atoms with van der Waals surface area (Å²) in [6, 6.07) is 1.92. The van der Waals surface area contributed by atoms with Gasteiger partial charge < -0.3 is 5.73 Å². The van der Waals surface area contributed by atoms with Gasteiger partial charge in [0.1, 0.15) is 4.60 Å². The highest BCUT2D eigenvalue weighted by Gasteiger charge is 2.17. The van der Waals surface area contributed by atoms with Gasteiger partial charge in [0.2, 0.25) is 0 Å². The van der Waals surface area contributed by atoms with Crippen molar-refractivity contribution in [2.75, 3.05) is 6.54 Å². The van der Waals surface area contributed by atoms with Gasteiger partial charge in [0.05, 0.1) is 6.20 Å². The van der Waals surface area contributed by atoms with Gasteiger partial charge in [-0.2, -0.15) is 5.10 Å². The van der Waals surface area contributed by atoms with Crippen LogP contribution in [0.25, 0.3) is 0 Å². The topological polar surface area (TPSA) is 43.8 Å².